The number of aromatic amines is 1. The third kappa shape index (κ3) is 3.50. The second-order valence-electron chi connectivity index (χ2n) is 6.33. The number of nitrogen functional groups attached to an aromatic ring is 1. The van der Waals surface area contributed by atoms with Gasteiger partial charge >= 0.3 is 0 Å². The molecule has 0 aliphatic carbocycles. The van der Waals surface area contributed by atoms with E-state index in [1.54, 1.807) is 48.3 Å². The van der Waals surface area contributed by atoms with Crippen molar-refractivity contribution in [3.8, 4) is 40.0 Å². The highest BCUT2D eigenvalue weighted by Gasteiger charge is 2.21. The van der Waals surface area contributed by atoms with Crippen molar-refractivity contribution in [1.82, 2.24) is 19.7 Å². The number of nitriles is 1. The highest BCUT2D eigenvalue weighted by Crippen LogP contribution is 2.33. The molecule has 148 valence electrons. The van der Waals surface area contributed by atoms with E-state index in [0.717, 1.165) is 5.56 Å². The fourth-order valence-corrected chi connectivity index (χ4v) is 3.23. The Kier molecular flexibility index (Phi) is 4.96. The monoisotopic (exact) mass is 418 g/mol. The maximum atomic E-state index is 12.3. The Bertz CT molecular complexity index is 1340. The summed E-state index contributed by atoms with van der Waals surface area (Å²) < 4.78 is 6.83. The number of hydrogen-bond donors (Lipinski definition) is 2. The Morgan fingerprint density at radius 3 is 2.63 bits per heavy atom. The van der Waals surface area contributed by atoms with E-state index in [-0.39, 0.29) is 17.2 Å². The van der Waals surface area contributed by atoms with Gasteiger partial charge in [0.25, 0.3) is 5.56 Å². The average molecular weight is 419 g/mol. The van der Waals surface area contributed by atoms with Gasteiger partial charge in [-0.05, 0) is 42.5 Å². The lowest BCUT2D eigenvalue weighted by molar-refractivity contribution is 0.415. The van der Waals surface area contributed by atoms with Crippen LogP contribution in [0.3, 0.4) is 0 Å². The van der Waals surface area contributed by atoms with E-state index >= 15 is 0 Å². The van der Waals surface area contributed by atoms with Crippen LogP contribution in [0, 0.1) is 11.3 Å². The van der Waals surface area contributed by atoms with Crippen molar-refractivity contribution < 1.29 is 4.74 Å². The zero-order valence-electron chi connectivity index (χ0n) is 15.8. The number of nitrogens with one attached hydrogen (secondary N) is 1. The Labute approximate surface area is 176 Å². The predicted molar refractivity (Wildman–Crippen MR) is 114 cm³/mol. The molecule has 0 bridgehead atoms. The molecule has 0 radical (unpaired) electrons. The minimum Gasteiger partial charge on any atom is -0.497 e. The summed E-state index contributed by atoms with van der Waals surface area (Å²) in [5, 5.41) is 14.8. The van der Waals surface area contributed by atoms with Crippen molar-refractivity contribution in [3.05, 3.63) is 75.7 Å². The summed E-state index contributed by atoms with van der Waals surface area (Å²) in [4.78, 5) is 18.8. The third-order valence-electron chi connectivity index (χ3n) is 4.46. The number of halogens is 1. The van der Waals surface area contributed by atoms with E-state index in [1.165, 1.54) is 0 Å². The van der Waals surface area contributed by atoms with Crippen LogP contribution in [0.2, 0.25) is 5.02 Å². The molecule has 0 aliphatic rings. The number of nitrogens with zero attached hydrogens (tertiary/aromatic N) is 4. The van der Waals surface area contributed by atoms with Gasteiger partial charge in [0, 0.05) is 22.3 Å². The Morgan fingerprint density at radius 2 is 1.97 bits per heavy atom. The summed E-state index contributed by atoms with van der Waals surface area (Å²) in [6, 6.07) is 16.3. The van der Waals surface area contributed by atoms with Crippen LogP contribution in [-0.2, 0) is 0 Å². The summed E-state index contributed by atoms with van der Waals surface area (Å²) >= 11 is 6.13. The number of rotatable bonds is 4. The molecule has 9 heteroatoms. The molecule has 0 unspecified atom stereocenters. The van der Waals surface area contributed by atoms with Crippen molar-refractivity contribution in [3.63, 3.8) is 0 Å². The molecule has 2 aromatic heterocycles. The Hall–Kier alpha value is -4.09. The van der Waals surface area contributed by atoms with Gasteiger partial charge in [0.15, 0.2) is 0 Å². The van der Waals surface area contributed by atoms with Gasteiger partial charge < -0.3 is 10.5 Å². The van der Waals surface area contributed by atoms with Crippen molar-refractivity contribution in [1.29, 1.82) is 5.26 Å². The number of nitrogens with two attached hydrogens (primary N) is 1. The summed E-state index contributed by atoms with van der Waals surface area (Å²) in [5.74, 6) is 0.594. The van der Waals surface area contributed by atoms with Crippen LogP contribution in [0.1, 0.15) is 5.56 Å². The number of benzene rings is 2. The largest absolute Gasteiger partial charge is 0.497 e. The lowest BCUT2D eigenvalue weighted by Gasteiger charge is -2.05. The highest BCUT2D eigenvalue weighted by molar-refractivity contribution is 6.30. The molecule has 4 aromatic rings. The molecule has 3 N–H and O–H groups in total. The lowest BCUT2D eigenvalue weighted by Crippen LogP contribution is -2.16. The molecular weight excluding hydrogens is 404 g/mol. The molecule has 0 spiro atoms. The van der Waals surface area contributed by atoms with Crippen LogP contribution in [0.15, 0.2) is 59.5 Å². The molecule has 0 atom stereocenters. The van der Waals surface area contributed by atoms with Crippen LogP contribution < -0.4 is 16.0 Å². The second-order valence-corrected chi connectivity index (χ2v) is 6.77. The maximum absolute atomic E-state index is 12.3. The van der Waals surface area contributed by atoms with Crippen LogP contribution in [0.4, 0.5) is 5.95 Å². The van der Waals surface area contributed by atoms with E-state index in [9.17, 15) is 10.1 Å². The number of ether oxygens (including phenoxy) is 1. The van der Waals surface area contributed by atoms with Gasteiger partial charge in [0.2, 0.25) is 5.95 Å². The SMILES string of the molecule is COc1ccc(-c2nn(-c3cccc(Cl)c3)cc2-c2nc(N)[nH]c(=O)c2C#N)cc1. The number of H-pyrrole nitrogens is 1. The van der Waals surface area contributed by atoms with E-state index in [2.05, 4.69) is 15.1 Å². The minimum absolute atomic E-state index is 0.0924. The molecule has 30 heavy (non-hydrogen) atoms. The van der Waals surface area contributed by atoms with Crippen molar-refractivity contribution in [2.45, 2.75) is 0 Å². The summed E-state index contributed by atoms with van der Waals surface area (Å²) in [6.07, 6.45) is 1.69. The van der Waals surface area contributed by atoms with Crippen molar-refractivity contribution in [2.75, 3.05) is 12.8 Å². The van der Waals surface area contributed by atoms with Gasteiger partial charge in [-0.3, -0.25) is 9.78 Å². The molecular formula is C21H15ClN6O2. The summed E-state index contributed by atoms with van der Waals surface area (Å²) in [5.41, 5.74) is 7.59. The fourth-order valence-electron chi connectivity index (χ4n) is 3.05. The zero-order chi connectivity index (χ0) is 21.3. The van der Waals surface area contributed by atoms with Crippen LogP contribution in [0.5, 0.6) is 5.75 Å². The fraction of sp³-hybridized carbons (Fsp3) is 0.0476. The molecule has 2 heterocycles. The topological polar surface area (TPSA) is 123 Å². The highest BCUT2D eigenvalue weighted by atomic mass is 35.5. The van der Waals surface area contributed by atoms with E-state index in [1.807, 2.05) is 24.3 Å². The molecule has 0 fully saturated rings. The van der Waals surface area contributed by atoms with E-state index in [4.69, 9.17) is 22.1 Å². The number of hydrogen-bond acceptors (Lipinski definition) is 6. The van der Waals surface area contributed by atoms with Gasteiger partial charge in [-0.25, -0.2) is 9.67 Å². The van der Waals surface area contributed by atoms with Crippen LogP contribution in [0.25, 0.3) is 28.2 Å². The normalized spacial score (nSPS) is 10.6. The summed E-state index contributed by atoms with van der Waals surface area (Å²) in [7, 11) is 1.58. The first kappa shape index (κ1) is 19.2. The minimum atomic E-state index is -0.615. The van der Waals surface area contributed by atoms with Gasteiger partial charge in [-0.1, -0.05) is 17.7 Å². The second kappa shape index (κ2) is 7.73. The Balaban J connectivity index is 1.99. The first-order valence-electron chi connectivity index (χ1n) is 8.80. The van der Waals surface area contributed by atoms with Gasteiger partial charge in [-0.2, -0.15) is 10.4 Å². The molecule has 8 nitrogen and oxygen atoms in total. The summed E-state index contributed by atoms with van der Waals surface area (Å²) in [6.45, 7) is 0. The number of methoxy groups -OCH3 is 1. The van der Waals surface area contributed by atoms with Crippen molar-refractivity contribution in [2.24, 2.45) is 0 Å². The van der Waals surface area contributed by atoms with Crippen LogP contribution in [-0.4, -0.2) is 26.9 Å². The number of anilines is 1. The van der Waals surface area contributed by atoms with Crippen LogP contribution >= 0.6 is 11.6 Å². The molecule has 4 rings (SSSR count). The Morgan fingerprint density at radius 1 is 1.20 bits per heavy atom. The lowest BCUT2D eigenvalue weighted by atomic mass is 10.0. The van der Waals surface area contributed by atoms with Gasteiger partial charge in [0.05, 0.1) is 12.8 Å². The maximum Gasteiger partial charge on any atom is 0.270 e. The first-order chi connectivity index (χ1) is 14.5. The molecule has 0 amide bonds. The third-order valence-corrected chi connectivity index (χ3v) is 4.69. The molecule has 0 saturated heterocycles. The quantitative estimate of drug-likeness (QED) is 0.523. The van der Waals surface area contributed by atoms with Gasteiger partial charge in [0.1, 0.15) is 28.8 Å². The smallest absolute Gasteiger partial charge is 0.270 e. The molecule has 0 saturated carbocycles. The van der Waals surface area contributed by atoms with Gasteiger partial charge in [-0.15, -0.1) is 0 Å². The standard InChI is InChI=1S/C21H15ClN6O2/c1-30-15-7-5-12(6-8-15)18-17(19-16(10-23)20(29)26-21(24)25-19)11-28(27-18)14-4-2-3-13(22)9-14/h2-9,11H,1H3,(H3,24,25,26,29). The molecule has 2 aromatic carbocycles. The first-order valence-corrected chi connectivity index (χ1v) is 9.18. The van der Waals surface area contributed by atoms with Crippen molar-refractivity contribution >= 4 is 17.5 Å². The van der Waals surface area contributed by atoms with E-state index in [0.29, 0.717) is 27.7 Å². The van der Waals surface area contributed by atoms with E-state index < -0.39 is 5.56 Å². The average Bonchev–Trinajstić information content (AvgIpc) is 3.19. The molecule has 0 aliphatic heterocycles. The number of aromatic nitrogens is 4. The zero-order valence-corrected chi connectivity index (χ0v) is 16.5. The predicted octanol–water partition coefficient (Wildman–Crippen LogP) is 3.41.